The molecular formula is C16H26N4O2. The average molecular weight is 306 g/mol. The third-order valence-electron chi connectivity index (χ3n) is 3.81. The van der Waals surface area contributed by atoms with Crippen molar-refractivity contribution in [1.82, 2.24) is 14.9 Å². The molecule has 1 aromatic rings. The smallest absolute Gasteiger partial charge is 0.272 e. The number of carbonyl (C=O) groups excluding carboxylic acids is 1. The summed E-state index contributed by atoms with van der Waals surface area (Å²) in [5.41, 5.74) is 1.28. The molecule has 0 spiro atoms. The topological polar surface area (TPSA) is 58.6 Å². The van der Waals surface area contributed by atoms with Crippen molar-refractivity contribution in [2.45, 2.75) is 46.8 Å². The van der Waals surface area contributed by atoms with Crippen molar-refractivity contribution in [1.29, 1.82) is 0 Å². The van der Waals surface area contributed by atoms with Crippen molar-refractivity contribution < 1.29 is 9.53 Å². The van der Waals surface area contributed by atoms with Gasteiger partial charge in [-0.25, -0.2) is 9.97 Å². The molecule has 2 atom stereocenters. The maximum Gasteiger partial charge on any atom is 0.272 e. The van der Waals surface area contributed by atoms with Crippen molar-refractivity contribution >= 4 is 11.9 Å². The molecule has 122 valence electrons. The lowest BCUT2D eigenvalue weighted by Gasteiger charge is -2.35. The molecule has 6 heteroatoms. The Morgan fingerprint density at radius 2 is 1.86 bits per heavy atom. The van der Waals surface area contributed by atoms with Crippen molar-refractivity contribution in [3.8, 4) is 0 Å². The Hall–Kier alpha value is -1.69. The minimum absolute atomic E-state index is 0.0408. The van der Waals surface area contributed by atoms with E-state index in [9.17, 15) is 4.79 Å². The van der Waals surface area contributed by atoms with Crippen LogP contribution in [0.2, 0.25) is 0 Å². The van der Waals surface area contributed by atoms with Crippen LogP contribution < -0.4 is 4.90 Å². The van der Waals surface area contributed by atoms with E-state index in [0.29, 0.717) is 24.7 Å². The van der Waals surface area contributed by atoms with Crippen molar-refractivity contribution in [2.75, 3.05) is 31.1 Å². The summed E-state index contributed by atoms with van der Waals surface area (Å²) in [6.07, 6.45) is 0.107. The van der Waals surface area contributed by atoms with Gasteiger partial charge in [-0.05, 0) is 40.7 Å². The highest BCUT2D eigenvalue weighted by atomic mass is 16.5. The highest BCUT2D eigenvalue weighted by Crippen LogP contribution is 2.16. The van der Waals surface area contributed by atoms with Crippen LogP contribution in [0, 0.1) is 6.92 Å². The lowest BCUT2D eigenvalue weighted by molar-refractivity contribution is -0.0587. The van der Waals surface area contributed by atoms with E-state index in [2.05, 4.69) is 23.8 Å². The quantitative estimate of drug-likeness (QED) is 0.850. The molecule has 1 aromatic heterocycles. The SMILES string of the molecule is CCN(CC)c1nc(C)cc(C(=O)N2CC(C)OC(C)C2)n1. The molecular weight excluding hydrogens is 280 g/mol. The number of nitrogens with zero attached hydrogens (tertiary/aromatic N) is 4. The van der Waals surface area contributed by atoms with Crippen LogP contribution in [-0.4, -0.2) is 59.2 Å². The summed E-state index contributed by atoms with van der Waals surface area (Å²) < 4.78 is 5.69. The zero-order valence-corrected chi connectivity index (χ0v) is 14.2. The minimum Gasteiger partial charge on any atom is -0.372 e. The van der Waals surface area contributed by atoms with E-state index in [-0.39, 0.29) is 18.1 Å². The Morgan fingerprint density at radius 1 is 1.27 bits per heavy atom. The summed E-state index contributed by atoms with van der Waals surface area (Å²) in [5, 5.41) is 0. The average Bonchev–Trinajstić information content (AvgIpc) is 2.46. The second kappa shape index (κ2) is 7.05. The molecule has 1 aliphatic rings. The summed E-state index contributed by atoms with van der Waals surface area (Å²) in [6.45, 7) is 12.8. The Balaban J connectivity index is 2.25. The van der Waals surface area contributed by atoms with Crippen molar-refractivity contribution in [2.24, 2.45) is 0 Å². The first kappa shape index (κ1) is 16.7. The number of amides is 1. The monoisotopic (exact) mass is 306 g/mol. The zero-order valence-electron chi connectivity index (χ0n) is 14.2. The minimum atomic E-state index is -0.0408. The van der Waals surface area contributed by atoms with Gasteiger partial charge in [0.05, 0.1) is 12.2 Å². The Kier molecular flexibility index (Phi) is 5.34. The predicted molar refractivity (Wildman–Crippen MR) is 86.2 cm³/mol. The van der Waals surface area contributed by atoms with Crippen LogP contribution in [0.3, 0.4) is 0 Å². The van der Waals surface area contributed by atoms with E-state index in [1.165, 1.54) is 0 Å². The molecule has 0 saturated carbocycles. The molecule has 0 bridgehead atoms. The van der Waals surface area contributed by atoms with Crippen LogP contribution in [0.25, 0.3) is 0 Å². The summed E-state index contributed by atoms with van der Waals surface area (Å²) in [5.74, 6) is 0.587. The number of hydrogen-bond donors (Lipinski definition) is 0. The Morgan fingerprint density at radius 3 is 2.41 bits per heavy atom. The lowest BCUT2D eigenvalue weighted by atomic mass is 10.2. The fourth-order valence-corrected chi connectivity index (χ4v) is 2.82. The van der Waals surface area contributed by atoms with Crippen LogP contribution >= 0.6 is 0 Å². The molecule has 0 N–H and O–H groups in total. The molecule has 6 nitrogen and oxygen atoms in total. The third kappa shape index (κ3) is 3.74. The normalized spacial score (nSPS) is 21.8. The van der Waals surface area contributed by atoms with E-state index in [1.54, 1.807) is 6.07 Å². The first-order valence-corrected chi connectivity index (χ1v) is 7.99. The molecule has 1 fully saturated rings. The second-order valence-corrected chi connectivity index (χ2v) is 5.83. The molecule has 2 rings (SSSR count). The number of ether oxygens (including phenoxy) is 1. The lowest BCUT2D eigenvalue weighted by Crippen LogP contribution is -2.48. The van der Waals surface area contributed by atoms with Gasteiger partial charge in [-0.2, -0.15) is 0 Å². The largest absolute Gasteiger partial charge is 0.372 e. The molecule has 0 aromatic carbocycles. The maximum absolute atomic E-state index is 12.8. The number of aryl methyl sites for hydroxylation is 1. The molecule has 0 aliphatic carbocycles. The summed E-state index contributed by atoms with van der Waals surface area (Å²) >= 11 is 0. The zero-order chi connectivity index (χ0) is 16.3. The van der Waals surface area contributed by atoms with Crippen LogP contribution in [0.15, 0.2) is 6.07 Å². The molecule has 22 heavy (non-hydrogen) atoms. The van der Waals surface area contributed by atoms with Crippen LogP contribution in [-0.2, 0) is 4.74 Å². The third-order valence-corrected chi connectivity index (χ3v) is 3.81. The second-order valence-electron chi connectivity index (χ2n) is 5.83. The summed E-state index contributed by atoms with van der Waals surface area (Å²) in [4.78, 5) is 25.6. The molecule has 2 unspecified atom stereocenters. The summed E-state index contributed by atoms with van der Waals surface area (Å²) in [6, 6.07) is 1.76. The van der Waals surface area contributed by atoms with Crippen LogP contribution in [0.1, 0.15) is 43.9 Å². The van der Waals surface area contributed by atoms with Crippen LogP contribution in [0.5, 0.6) is 0 Å². The van der Waals surface area contributed by atoms with E-state index < -0.39 is 0 Å². The molecule has 1 saturated heterocycles. The van der Waals surface area contributed by atoms with Crippen LogP contribution in [0.4, 0.5) is 5.95 Å². The Labute approximate surface area is 132 Å². The van der Waals surface area contributed by atoms with Gasteiger partial charge in [0.15, 0.2) is 0 Å². The number of carbonyl (C=O) groups is 1. The molecule has 2 heterocycles. The number of hydrogen-bond acceptors (Lipinski definition) is 5. The maximum atomic E-state index is 12.8. The van der Waals surface area contributed by atoms with Gasteiger partial charge < -0.3 is 14.5 Å². The van der Waals surface area contributed by atoms with Gasteiger partial charge in [0.1, 0.15) is 5.69 Å². The van der Waals surface area contributed by atoms with E-state index >= 15 is 0 Å². The predicted octanol–water partition coefficient (Wildman–Crippen LogP) is 1.88. The number of aromatic nitrogens is 2. The highest BCUT2D eigenvalue weighted by Gasteiger charge is 2.28. The van der Waals surface area contributed by atoms with E-state index in [1.807, 2.05) is 30.6 Å². The number of rotatable bonds is 4. The van der Waals surface area contributed by atoms with Gasteiger partial charge >= 0.3 is 0 Å². The summed E-state index contributed by atoms with van der Waals surface area (Å²) in [7, 11) is 0. The molecule has 1 aliphatic heterocycles. The number of morpholine rings is 1. The Bertz CT molecular complexity index is 521. The first-order valence-electron chi connectivity index (χ1n) is 7.99. The van der Waals surface area contributed by atoms with Gasteiger partial charge in [-0.1, -0.05) is 0 Å². The fourth-order valence-electron chi connectivity index (χ4n) is 2.82. The van der Waals surface area contributed by atoms with Gasteiger partial charge in [0.2, 0.25) is 5.95 Å². The van der Waals surface area contributed by atoms with Crippen molar-refractivity contribution in [3.05, 3.63) is 17.5 Å². The van der Waals surface area contributed by atoms with Gasteiger partial charge in [0, 0.05) is 31.9 Å². The molecule has 1 amide bonds. The molecule has 0 radical (unpaired) electrons. The fraction of sp³-hybridized carbons (Fsp3) is 0.688. The van der Waals surface area contributed by atoms with E-state index in [0.717, 1.165) is 18.8 Å². The van der Waals surface area contributed by atoms with E-state index in [4.69, 9.17) is 4.74 Å². The first-order chi connectivity index (χ1) is 10.4. The van der Waals surface area contributed by atoms with Gasteiger partial charge in [-0.15, -0.1) is 0 Å². The highest BCUT2D eigenvalue weighted by molar-refractivity contribution is 5.92. The van der Waals surface area contributed by atoms with Gasteiger partial charge in [-0.3, -0.25) is 4.79 Å². The van der Waals surface area contributed by atoms with Gasteiger partial charge in [0.25, 0.3) is 5.91 Å². The van der Waals surface area contributed by atoms with Crippen molar-refractivity contribution in [3.63, 3.8) is 0 Å². The number of anilines is 1. The standard InChI is InChI=1S/C16H26N4O2/c1-6-19(7-2)16-17-11(3)8-14(18-16)15(21)20-9-12(4)22-13(5)10-20/h8,12-13H,6-7,9-10H2,1-5H3.